The molecule has 0 saturated carbocycles. The average Bonchev–Trinajstić information content (AvgIpc) is 3.62. The van der Waals surface area contributed by atoms with E-state index in [0.717, 1.165) is 36.4 Å². The Hall–Kier alpha value is -7.52. The maximum Gasteiger partial charge on any atom is 0.180 e. The van der Waals surface area contributed by atoms with Gasteiger partial charge in [-0.1, -0.05) is 36.4 Å². The first-order valence-corrected chi connectivity index (χ1v) is 13.6. The van der Waals surface area contributed by atoms with Gasteiger partial charge in [0.25, 0.3) is 0 Å². The number of hydrogen-bond donors (Lipinski definition) is 0. The second-order valence-electron chi connectivity index (χ2n) is 10.4. The Kier molecular flexibility index (Phi) is 7.54. The van der Waals surface area contributed by atoms with Crippen LogP contribution in [0.3, 0.4) is 0 Å². The molecule has 0 amide bonds. The van der Waals surface area contributed by atoms with Crippen molar-refractivity contribution >= 4 is 22.3 Å². The van der Waals surface area contributed by atoms with Gasteiger partial charge in [0.2, 0.25) is 0 Å². The molecule has 2 aliphatic carbocycles. The van der Waals surface area contributed by atoms with Crippen molar-refractivity contribution in [2.75, 3.05) is 0 Å². The van der Waals surface area contributed by atoms with Crippen LogP contribution in [0.25, 0.3) is 44.5 Å². The first-order valence-electron chi connectivity index (χ1n) is 13.6. The van der Waals surface area contributed by atoms with Crippen molar-refractivity contribution in [1.29, 1.82) is 31.6 Å². The fourth-order valence-electron chi connectivity index (χ4n) is 6.22. The van der Waals surface area contributed by atoms with Gasteiger partial charge in [-0.3, -0.25) is 0 Å². The zero-order valence-corrected chi connectivity index (χ0v) is 24.2. The number of nitriles is 6. The van der Waals surface area contributed by atoms with E-state index in [1.54, 1.807) is 24.3 Å². The third-order valence-corrected chi connectivity index (χ3v) is 8.15. The molecule has 0 saturated heterocycles. The molecule has 0 radical (unpaired) electrons. The molecule has 0 aliphatic heterocycles. The Morgan fingerprint density at radius 2 is 0.660 bits per heavy atom. The summed E-state index contributed by atoms with van der Waals surface area (Å²) in [5.41, 5.74) is -11.7. The fraction of sp³-hybridized carbons (Fsp3) is 0. The number of halogens is 8. The summed E-state index contributed by atoms with van der Waals surface area (Å²) >= 11 is 0. The van der Waals surface area contributed by atoms with Crippen LogP contribution in [0.1, 0.15) is 33.4 Å². The van der Waals surface area contributed by atoms with Crippen LogP contribution >= 0.6 is 0 Å². The van der Waals surface area contributed by atoms with Crippen molar-refractivity contribution < 1.29 is 35.1 Å². The summed E-state index contributed by atoms with van der Waals surface area (Å²) in [4.78, 5) is 0. The van der Waals surface area contributed by atoms with Crippen LogP contribution < -0.4 is 0 Å². The summed E-state index contributed by atoms with van der Waals surface area (Å²) in [6.07, 6.45) is 0. The minimum Gasteiger partial charge on any atom is -0.203 e. The lowest BCUT2D eigenvalue weighted by Gasteiger charge is -2.19. The SMILES string of the molecule is N#CC(C#N)=C1C2=C(C(=C(C#N)C#N)c3cccc(-c4c(F)c(F)c(C#N)c(F)c4F)c32)c2c1cccc2-c1c(F)c(F)c(C#N)c(F)c1F. The number of allylic oxidation sites excluding steroid dienone is 6. The van der Waals surface area contributed by atoms with Gasteiger partial charge in [0.05, 0.1) is 11.1 Å². The van der Waals surface area contributed by atoms with Gasteiger partial charge in [-0.15, -0.1) is 0 Å². The van der Waals surface area contributed by atoms with Gasteiger partial charge in [-0.05, 0) is 33.4 Å². The average molecular weight is 674 g/mol. The minimum atomic E-state index is -2.07. The molecule has 14 heteroatoms. The van der Waals surface area contributed by atoms with E-state index in [4.69, 9.17) is 10.5 Å². The van der Waals surface area contributed by atoms with Crippen molar-refractivity contribution in [3.63, 3.8) is 0 Å². The molecule has 50 heavy (non-hydrogen) atoms. The van der Waals surface area contributed by atoms with Gasteiger partial charge in [0.15, 0.2) is 46.5 Å². The summed E-state index contributed by atoms with van der Waals surface area (Å²) in [6.45, 7) is 0. The largest absolute Gasteiger partial charge is 0.203 e. The number of fused-ring (bicyclic) bond motifs is 4. The lowest BCUT2D eigenvalue weighted by Crippen LogP contribution is -2.06. The van der Waals surface area contributed by atoms with Gasteiger partial charge < -0.3 is 0 Å². The number of benzene rings is 4. The highest BCUT2D eigenvalue weighted by atomic mass is 19.2. The summed E-state index contributed by atoms with van der Waals surface area (Å²) in [5, 5.41) is 58.1. The molecule has 0 bridgehead atoms. The number of rotatable bonds is 2. The van der Waals surface area contributed by atoms with Crippen molar-refractivity contribution in [2.45, 2.75) is 0 Å². The van der Waals surface area contributed by atoms with E-state index in [1.165, 1.54) is 12.1 Å². The second kappa shape index (κ2) is 11.6. The van der Waals surface area contributed by atoms with Crippen LogP contribution in [0.5, 0.6) is 0 Å². The summed E-state index contributed by atoms with van der Waals surface area (Å²) < 4.78 is 122. The molecule has 0 spiro atoms. The molecule has 0 atom stereocenters. The molecule has 0 aromatic heterocycles. The molecule has 4 aromatic rings. The molecule has 6 nitrogen and oxygen atoms in total. The Morgan fingerprint density at radius 3 is 0.920 bits per heavy atom. The quantitative estimate of drug-likeness (QED) is 0.119. The maximum absolute atomic E-state index is 15.6. The fourth-order valence-corrected chi connectivity index (χ4v) is 6.22. The summed E-state index contributed by atoms with van der Waals surface area (Å²) in [7, 11) is 0. The molecule has 236 valence electrons. The number of nitrogens with zero attached hydrogens (tertiary/aromatic N) is 6. The van der Waals surface area contributed by atoms with Crippen LogP contribution in [0.4, 0.5) is 35.1 Å². The Morgan fingerprint density at radius 1 is 0.380 bits per heavy atom. The van der Waals surface area contributed by atoms with E-state index >= 15 is 17.6 Å². The van der Waals surface area contributed by atoms with Crippen molar-refractivity contribution in [2.24, 2.45) is 0 Å². The van der Waals surface area contributed by atoms with Crippen LogP contribution in [0.15, 0.2) is 47.5 Å². The second-order valence-corrected chi connectivity index (χ2v) is 10.4. The molecule has 0 heterocycles. The molecule has 0 fully saturated rings. The van der Waals surface area contributed by atoms with Gasteiger partial charge in [0.1, 0.15) is 58.7 Å². The van der Waals surface area contributed by atoms with Gasteiger partial charge >= 0.3 is 0 Å². The molecule has 0 N–H and O–H groups in total. The van der Waals surface area contributed by atoms with Crippen LogP contribution in [-0.2, 0) is 0 Å². The first-order chi connectivity index (χ1) is 23.9. The lowest BCUT2D eigenvalue weighted by molar-refractivity contribution is 0.454. The number of hydrogen-bond acceptors (Lipinski definition) is 6. The highest BCUT2D eigenvalue weighted by Crippen LogP contribution is 2.62. The van der Waals surface area contributed by atoms with E-state index in [0.29, 0.717) is 0 Å². The van der Waals surface area contributed by atoms with E-state index in [2.05, 4.69) is 0 Å². The van der Waals surface area contributed by atoms with Crippen LogP contribution in [0.2, 0.25) is 0 Å². The van der Waals surface area contributed by atoms with Crippen molar-refractivity contribution in [3.05, 3.63) is 127 Å². The van der Waals surface area contributed by atoms with Crippen molar-refractivity contribution in [1.82, 2.24) is 0 Å². The normalized spacial score (nSPS) is 12.1. The third-order valence-electron chi connectivity index (χ3n) is 8.15. The molecule has 6 rings (SSSR count). The zero-order chi connectivity index (χ0) is 36.3. The predicted molar refractivity (Wildman–Crippen MR) is 156 cm³/mol. The van der Waals surface area contributed by atoms with E-state index in [-0.39, 0.29) is 22.3 Å². The van der Waals surface area contributed by atoms with Crippen molar-refractivity contribution in [3.8, 4) is 58.7 Å². The lowest BCUT2D eigenvalue weighted by atomic mass is 9.84. The maximum atomic E-state index is 15.6. The van der Waals surface area contributed by atoms with Gasteiger partial charge in [-0.25, -0.2) is 35.1 Å². The highest BCUT2D eigenvalue weighted by molar-refractivity contribution is 6.39. The smallest absolute Gasteiger partial charge is 0.180 e. The van der Waals surface area contributed by atoms with Crippen LogP contribution in [0, 0.1) is 115 Å². The van der Waals surface area contributed by atoms with Gasteiger partial charge in [-0.2, -0.15) is 31.6 Å². The Balaban J connectivity index is 1.89. The highest BCUT2D eigenvalue weighted by Gasteiger charge is 2.44. The predicted octanol–water partition coefficient (Wildman–Crippen LogP) is 8.42. The first kappa shape index (κ1) is 32.4. The topological polar surface area (TPSA) is 143 Å². The standard InChI is InChI=1S/C36H6F8N6/c37-29-19(11-49)30(38)34(42)25(33(29)41)17-5-1-3-15-21(13(7-45)8-46)27-24-16(22(14(9-47)10-48)28(27)23(15)17)4-2-6-18(24)26-35(43)31(39)20(12-50)32(40)36(26)44/h1-6H. The van der Waals surface area contributed by atoms with E-state index < -0.39 is 113 Å². The summed E-state index contributed by atoms with van der Waals surface area (Å²) in [5.74, 6) is -16.4. The third kappa shape index (κ3) is 4.07. The van der Waals surface area contributed by atoms with E-state index in [9.17, 15) is 38.6 Å². The van der Waals surface area contributed by atoms with Crippen LogP contribution in [-0.4, -0.2) is 0 Å². The Bertz CT molecular complexity index is 2420. The minimum absolute atomic E-state index is 0.249. The van der Waals surface area contributed by atoms with Gasteiger partial charge in [0, 0.05) is 22.3 Å². The molecular weight excluding hydrogens is 668 g/mol. The zero-order valence-electron chi connectivity index (χ0n) is 24.2. The van der Waals surface area contributed by atoms with E-state index in [1.807, 2.05) is 0 Å². The molecule has 2 aliphatic rings. The summed E-state index contributed by atoms with van der Waals surface area (Å²) in [6, 6.07) is 15.0. The monoisotopic (exact) mass is 674 g/mol. The molecule has 4 aromatic carbocycles. The molecular formula is C36H6F8N6. The Labute approximate surface area is 275 Å². The molecule has 0 unspecified atom stereocenters.